The predicted octanol–water partition coefficient (Wildman–Crippen LogP) is 2.90. The van der Waals surface area contributed by atoms with Crippen LogP contribution < -0.4 is 16.8 Å². The highest BCUT2D eigenvalue weighted by Gasteiger charge is 2.13. The van der Waals surface area contributed by atoms with E-state index in [1.807, 2.05) is 0 Å². The van der Waals surface area contributed by atoms with Gasteiger partial charge in [-0.2, -0.15) is 0 Å². The Bertz CT molecular complexity index is 605. The number of rotatable bonds is 2. The molecule has 0 atom stereocenters. The van der Waals surface area contributed by atoms with Gasteiger partial charge in [0, 0.05) is 16.9 Å². The molecule has 0 spiro atoms. The Balaban J connectivity index is 2.31. The summed E-state index contributed by atoms with van der Waals surface area (Å²) in [5.41, 5.74) is 12.0. The molecule has 0 radical (unpaired) electrons. The third-order valence-electron chi connectivity index (χ3n) is 2.44. The number of anilines is 3. The van der Waals surface area contributed by atoms with Gasteiger partial charge in [-0.25, -0.2) is 4.39 Å². The predicted molar refractivity (Wildman–Crippen MR) is 74.6 cm³/mol. The van der Waals surface area contributed by atoms with Crippen LogP contribution in [0.2, 0.25) is 5.02 Å². The fourth-order valence-corrected chi connectivity index (χ4v) is 1.82. The van der Waals surface area contributed by atoms with Crippen molar-refractivity contribution in [1.82, 2.24) is 0 Å². The molecule has 0 saturated heterocycles. The second-order valence-electron chi connectivity index (χ2n) is 3.94. The lowest BCUT2D eigenvalue weighted by atomic mass is 10.1. The molecule has 6 heteroatoms. The van der Waals surface area contributed by atoms with E-state index in [4.69, 9.17) is 23.1 Å². The minimum absolute atomic E-state index is 0.0739. The van der Waals surface area contributed by atoms with E-state index in [2.05, 4.69) is 5.32 Å². The number of para-hydroxylation sites is 1. The molecule has 0 aromatic heterocycles. The molecule has 0 aliphatic carbocycles. The van der Waals surface area contributed by atoms with Crippen molar-refractivity contribution < 1.29 is 9.18 Å². The van der Waals surface area contributed by atoms with E-state index in [-0.39, 0.29) is 16.3 Å². The SMILES string of the molecule is Nc1cc(N)cc(C(=O)Nc2c(F)cccc2Cl)c1. The molecule has 5 N–H and O–H groups in total. The monoisotopic (exact) mass is 279 g/mol. The van der Waals surface area contributed by atoms with Gasteiger partial charge in [-0.1, -0.05) is 17.7 Å². The van der Waals surface area contributed by atoms with Gasteiger partial charge in [0.25, 0.3) is 5.91 Å². The number of nitrogen functional groups attached to an aromatic ring is 2. The number of carbonyl (C=O) groups excluding carboxylic acids is 1. The number of halogens is 2. The van der Waals surface area contributed by atoms with Crippen LogP contribution in [-0.4, -0.2) is 5.91 Å². The molecule has 4 nitrogen and oxygen atoms in total. The minimum Gasteiger partial charge on any atom is -0.399 e. The lowest BCUT2D eigenvalue weighted by Gasteiger charge is -2.09. The van der Waals surface area contributed by atoms with Gasteiger partial charge in [-0.15, -0.1) is 0 Å². The first-order valence-electron chi connectivity index (χ1n) is 5.39. The summed E-state index contributed by atoms with van der Waals surface area (Å²) >= 11 is 5.82. The summed E-state index contributed by atoms with van der Waals surface area (Å²) in [6.07, 6.45) is 0. The van der Waals surface area contributed by atoms with Crippen LogP contribution in [0.3, 0.4) is 0 Å². The van der Waals surface area contributed by atoms with Crippen molar-refractivity contribution >= 4 is 34.6 Å². The van der Waals surface area contributed by atoms with Gasteiger partial charge < -0.3 is 16.8 Å². The number of amides is 1. The molecule has 19 heavy (non-hydrogen) atoms. The highest BCUT2D eigenvalue weighted by Crippen LogP contribution is 2.25. The Kier molecular flexibility index (Phi) is 3.57. The molecule has 2 aromatic rings. The standard InChI is InChI=1S/C13H11ClFN3O/c14-10-2-1-3-11(15)12(10)18-13(19)7-4-8(16)6-9(17)5-7/h1-6H,16-17H2,(H,18,19). The Labute approximate surface area is 114 Å². The normalized spacial score (nSPS) is 10.2. The average Bonchev–Trinajstić information content (AvgIpc) is 2.32. The van der Waals surface area contributed by atoms with Gasteiger partial charge in [0.2, 0.25) is 0 Å². The Hall–Kier alpha value is -2.27. The van der Waals surface area contributed by atoms with Crippen LogP contribution in [0.15, 0.2) is 36.4 Å². The van der Waals surface area contributed by atoms with Gasteiger partial charge in [0.15, 0.2) is 0 Å². The summed E-state index contributed by atoms with van der Waals surface area (Å²) in [7, 11) is 0. The maximum absolute atomic E-state index is 13.5. The molecule has 98 valence electrons. The maximum atomic E-state index is 13.5. The highest BCUT2D eigenvalue weighted by atomic mass is 35.5. The van der Waals surface area contributed by atoms with Crippen LogP contribution in [0.25, 0.3) is 0 Å². The second-order valence-corrected chi connectivity index (χ2v) is 4.35. The molecule has 0 heterocycles. The Morgan fingerprint density at radius 3 is 2.37 bits per heavy atom. The van der Waals surface area contributed by atoms with Gasteiger partial charge in [-0.3, -0.25) is 4.79 Å². The smallest absolute Gasteiger partial charge is 0.255 e. The maximum Gasteiger partial charge on any atom is 0.255 e. The molecule has 2 aromatic carbocycles. The first kappa shape index (κ1) is 13.2. The van der Waals surface area contributed by atoms with Crippen LogP contribution >= 0.6 is 11.6 Å². The summed E-state index contributed by atoms with van der Waals surface area (Å²) in [6, 6.07) is 8.54. The quantitative estimate of drug-likeness (QED) is 0.739. The topological polar surface area (TPSA) is 81.1 Å². The fourth-order valence-electron chi connectivity index (χ4n) is 1.61. The fraction of sp³-hybridized carbons (Fsp3) is 0. The van der Waals surface area contributed by atoms with Crippen LogP contribution in [0.5, 0.6) is 0 Å². The molecule has 0 aliphatic rings. The zero-order chi connectivity index (χ0) is 14.0. The number of nitrogens with two attached hydrogens (primary N) is 2. The first-order chi connectivity index (χ1) is 8.97. The van der Waals surface area contributed by atoms with Gasteiger partial charge in [0.1, 0.15) is 5.82 Å². The summed E-state index contributed by atoms with van der Waals surface area (Å²) in [6.45, 7) is 0. The lowest BCUT2D eigenvalue weighted by molar-refractivity contribution is 0.102. The lowest BCUT2D eigenvalue weighted by Crippen LogP contribution is -2.14. The van der Waals surface area contributed by atoms with E-state index >= 15 is 0 Å². The third kappa shape index (κ3) is 2.95. The summed E-state index contributed by atoms with van der Waals surface area (Å²) in [5.74, 6) is -1.15. The minimum atomic E-state index is -0.613. The van der Waals surface area contributed by atoms with E-state index < -0.39 is 11.7 Å². The van der Waals surface area contributed by atoms with E-state index in [9.17, 15) is 9.18 Å². The molecular formula is C13H11ClFN3O. The van der Waals surface area contributed by atoms with Crippen molar-refractivity contribution in [2.45, 2.75) is 0 Å². The second kappa shape index (κ2) is 5.16. The van der Waals surface area contributed by atoms with E-state index in [0.29, 0.717) is 11.4 Å². The largest absolute Gasteiger partial charge is 0.399 e. The van der Waals surface area contributed by atoms with Crippen molar-refractivity contribution in [3.8, 4) is 0 Å². The van der Waals surface area contributed by atoms with Crippen LogP contribution in [0.1, 0.15) is 10.4 Å². The van der Waals surface area contributed by atoms with E-state index in [1.54, 1.807) is 0 Å². The summed E-state index contributed by atoms with van der Waals surface area (Å²) < 4.78 is 13.5. The van der Waals surface area contributed by atoms with E-state index in [1.165, 1.54) is 36.4 Å². The number of benzene rings is 2. The molecule has 0 saturated carbocycles. The average molecular weight is 280 g/mol. The number of nitrogens with one attached hydrogen (secondary N) is 1. The van der Waals surface area contributed by atoms with Crippen LogP contribution in [0, 0.1) is 5.82 Å². The molecule has 1 amide bonds. The Morgan fingerprint density at radius 2 is 1.79 bits per heavy atom. The van der Waals surface area contributed by atoms with Crippen molar-refractivity contribution in [2.24, 2.45) is 0 Å². The Morgan fingerprint density at radius 1 is 1.16 bits per heavy atom. The van der Waals surface area contributed by atoms with Gasteiger partial charge in [0.05, 0.1) is 10.7 Å². The highest BCUT2D eigenvalue weighted by molar-refractivity contribution is 6.34. The van der Waals surface area contributed by atoms with E-state index in [0.717, 1.165) is 0 Å². The summed E-state index contributed by atoms with van der Waals surface area (Å²) in [4.78, 5) is 12.0. The van der Waals surface area contributed by atoms with Gasteiger partial charge in [-0.05, 0) is 30.3 Å². The molecule has 0 bridgehead atoms. The number of carbonyl (C=O) groups is 1. The van der Waals surface area contributed by atoms with Crippen molar-refractivity contribution in [1.29, 1.82) is 0 Å². The van der Waals surface area contributed by atoms with Crippen molar-refractivity contribution in [3.05, 3.63) is 52.8 Å². The molecular weight excluding hydrogens is 269 g/mol. The molecule has 2 rings (SSSR count). The summed E-state index contributed by atoms with van der Waals surface area (Å²) in [5, 5.41) is 2.51. The molecule has 0 aliphatic heterocycles. The first-order valence-corrected chi connectivity index (χ1v) is 5.76. The van der Waals surface area contributed by atoms with Gasteiger partial charge >= 0.3 is 0 Å². The third-order valence-corrected chi connectivity index (χ3v) is 2.76. The van der Waals surface area contributed by atoms with Crippen LogP contribution in [-0.2, 0) is 0 Å². The zero-order valence-electron chi connectivity index (χ0n) is 9.78. The van der Waals surface area contributed by atoms with Crippen molar-refractivity contribution in [2.75, 3.05) is 16.8 Å². The zero-order valence-corrected chi connectivity index (χ0v) is 10.5. The molecule has 0 unspecified atom stereocenters. The molecule has 0 fully saturated rings. The number of hydrogen-bond donors (Lipinski definition) is 3. The number of hydrogen-bond acceptors (Lipinski definition) is 3. The van der Waals surface area contributed by atoms with Crippen molar-refractivity contribution in [3.63, 3.8) is 0 Å². The van der Waals surface area contributed by atoms with Crippen LogP contribution in [0.4, 0.5) is 21.5 Å².